The van der Waals surface area contributed by atoms with Gasteiger partial charge in [-0.25, -0.2) is 4.39 Å². The van der Waals surface area contributed by atoms with Crippen LogP contribution >= 0.6 is 0 Å². The van der Waals surface area contributed by atoms with E-state index in [1.165, 1.54) is 49.4 Å². The molecule has 2 aromatic carbocycles. The summed E-state index contributed by atoms with van der Waals surface area (Å²) in [5.41, 5.74) is -4.02. The van der Waals surface area contributed by atoms with Crippen LogP contribution in [0.3, 0.4) is 0 Å². The smallest absolute Gasteiger partial charge is 0.430 e. The molecule has 1 saturated heterocycles. The Balaban J connectivity index is 2.00. The molecule has 1 unspecified atom stereocenters. The summed E-state index contributed by atoms with van der Waals surface area (Å²) in [7, 11) is 0.839. The van der Waals surface area contributed by atoms with Gasteiger partial charge in [-0.1, -0.05) is 42.5 Å². The molecule has 1 aliphatic heterocycles. The summed E-state index contributed by atoms with van der Waals surface area (Å²) in [5, 5.41) is 10.2. The van der Waals surface area contributed by atoms with Crippen LogP contribution in [0.1, 0.15) is 48.8 Å². The molecule has 3 rings (SSSR count). The van der Waals surface area contributed by atoms with Crippen LogP contribution < -0.4 is 0 Å². The molecule has 0 aliphatic carbocycles. The highest BCUT2D eigenvalue weighted by atomic mass is 19.4. The fraction of sp³-hybridized carbons (Fsp3) is 0.464. The third kappa shape index (κ3) is 5.25. The van der Waals surface area contributed by atoms with Gasteiger partial charge in [-0.05, 0) is 43.9 Å². The highest BCUT2D eigenvalue weighted by molar-refractivity contribution is 5.88. The van der Waals surface area contributed by atoms with E-state index in [4.69, 9.17) is 9.47 Å². The Morgan fingerprint density at radius 2 is 1.74 bits per heavy atom. The van der Waals surface area contributed by atoms with Crippen molar-refractivity contribution in [2.24, 2.45) is 5.41 Å². The standard InChI is InChI=1S/C28H30F4N2O4/c1-4-38-24(35)17-26(22(18-33)21-11-8-12-23(29)19(21)2)13-15-34(16-14-26)25(36)27(37-3,28(30,31)32)20-9-6-5-7-10-20/h5-12,22H,4,13-17H2,1-3H3/t22?,27-/m1/s1. The van der Waals surface area contributed by atoms with E-state index in [1.807, 2.05) is 0 Å². The van der Waals surface area contributed by atoms with Crippen molar-refractivity contribution in [3.63, 3.8) is 0 Å². The van der Waals surface area contributed by atoms with E-state index >= 15 is 0 Å². The number of methoxy groups -OCH3 is 1. The number of rotatable bonds is 8. The third-order valence-electron chi connectivity index (χ3n) is 7.40. The van der Waals surface area contributed by atoms with Crippen molar-refractivity contribution in [1.29, 1.82) is 5.26 Å². The van der Waals surface area contributed by atoms with Crippen molar-refractivity contribution in [2.75, 3.05) is 26.8 Å². The molecule has 1 amide bonds. The van der Waals surface area contributed by atoms with Crippen molar-refractivity contribution < 1.29 is 36.6 Å². The first-order valence-electron chi connectivity index (χ1n) is 12.2. The van der Waals surface area contributed by atoms with Gasteiger partial charge in [0.25, 0.3) is 11.5 Å². The lowest BCUT2D eigenvalue weighted by Gasteiger charge is -2.46. The summed E-state index contributed by atoms with van der Waals surface area (Å²) in [6.07, 6.45) is -5.21. The van der Waals surface area contributed by atoms with Gasteiger partial charge in [-0.15, -0.1) is 0 Å². The number of hydrogen-bond acceptors (Lipinski definition) is 5. The average Bonchev–Trinajstić information content (AvgIpc) is 2.88. The number of ether oxygens (including phenoxy) is 2. The van der Waals surface area contributed by atoms with Gasteiger partial charge in [0.2, 0.25) is 0 Å². The van der Waals surface area contributed by atoms with Crippen LogP contribution in [-0.2, 0) is 24.7 Å². The van der Waals surface area contributed by atoms with E-state index < -0.39 is 40.8 Å². The van der Waals surface area contributed by atoms with E-state index in [0.717, 1.165) is 12.0 Å². The van der Waals surface area contributed by atoms with E-state index in [0.29, 0.717) is 5.56 Å². The van der Waals surface area contributed by atoms with Gasteiger partial charge in [-0.3, -0.25) is 9.59 Å². The number of nitriles is 1. The Labute approximate surface area is 219 Å². The maximum atomic E-state index is 14.4. The normalized spacial score (nSPS) is 17.7. The highest BCUT2D eigenvalue weighted by Crippen LogP contribution is 2.50. The fourth-order valence-electron chi connectivity index (χ4n) is 5.32. The molecule has 10 heteroatoms. The molecule has 0 radical (unpaired) electrons. The molecule has 6 nitrogen and oxygen atoms in total. The largest absolute Gasteiger partial charge is 0.466 e. The molecule has 38 heavy (non-hydrogen) atoms. The SMILES string of the molecule is CCOC(=O)CC1(C(C#N)c2cccc(F)c2C)CCN(C(=O)[C@](OC)(c2ccccc2)C(F)(F)F)CC1. The molecule has 0 spiro atoms. The molecule has 1 heterocycles. The van der Waals surface area contributed by atoms with Crippen molar-refractivity contribution >= 4 is 11.9 Å². The maximum Gasteiger partial charge on any atom is 0.430 e. The van der Waals surface area contributed by atoms with Crippen LogP contribution in [0.5, 0.6) is 0 Å². The second-order valence-corrected chi connectivity index (χ2v) is 9.40. The van der Waals surface area contributed by atoms with E-state index in [1.54, 1.807) is 13.0 Å². The minimum absolute atomic E-state index is 0.0260. The molecule has 2 atom stereocenters. The van der Waals surface area contributed by atoms with Crippen LogP contribution in [0.2, 0.25) is 0 Å². The monoisotopic (exact) mass is 534 g/mol. The number of halogens is 4. The zero-order valence-electron chi connectivity index (χ0n) is 21.5. The number of hydrogen-bond donors (Lipinski definition) is 0. The molecule has 204 valence electrons. The number of alkyl halides is 3. The van der Waals surface area contributed by atoms with E-state index in [9.17, 15) is 32.4 Å². The van der Waals surface area contributed by atoms with Crippen LogP contribution in [-0.4, -0.2) is 49.8 Å². The predicted molar refractivity (Wildman–Crippen MR) is 130 cm³/mol. The predicted octanol–water partition coefficient (Wildman–Crippen LogP) is 5.41. The lowest BCUT2D eigenvalue weighted by molar-refractivity contribution is -0.271. The quantitative estimate of drug-likeness (QED) is 0.334. The number of nitrogens with zero attached hydrogens (tertiary/aromatic N) is 2. The Kier molecular flexibility index (Phi) is 8.82. The van der Waals surface area contributed by atoms with Gasteiger partial charge < -0.3 is 14.4 Å². The molecular weight excluding hydrogens is 504 g/mol. The minimum Gasteiger partial charge on any atom is -0.466 e. The molecule has 1 fully saturated rings. The summed E-state index contributed by atoms with van der Waals surface area (Å²) < 4.78 is 67.8. The van der Waals surface area contributed by atoms with Crippen LogP contribution in [0, 0.1) is 29.5 Å². The summed E-state index contributed by atoms with van der Waals surface area (Å²) >= 11 is 0. The molecule has 0 saturated carbocycles. The first-order chi connectivity index (χ1) is 18.0. The maximum absolute atomic E-state index is 14.4. The van der Waals surface area contributed by atoms with Crippen molar-refractivity contribution in [2.45, 2.75) is 50.8 Å². The lowest BCUT2D eigenvalue weighted by atomic mass is 9.64. The van der Waals surface area contributed by atoms with Crippen molar-refractivity contribution in [3.8, 4) is 6.07 Å². The summed E-state index contributed by atoms with van der Waals surface area (Å²) in [5.74, 6) is -3.32. The van der Waals surface area contributed by atoms with Gasteiger partial charge >= 0.3 is 12.1 Å². The van der Waals surface area contributed by atoms with Gasteiger partial charge in [0.05, 0.1) is 25.0 Å². The Morgan fingerprint density at radius 1 is 1.11 bits per heavy atom. The third-order valence-corrected chi connectivity index (χ3v) is 7.40. The number of esters is 1. The molecule has 2 aromatic rings. The number of benzene rings is 2. The number of amides is 1. The van der Waals surface area contributed by atoms with E-state index in [-0.39, 0.29) is 50.1 Å². The summed E-state index contributed by atoms with van der Waals surface area (Å²) in [4.78, 5) is 27.2. The number of likely N-dealkylation sites (tertiary alicyclic amines) is 1. The van der Waals surface area contributed by atoms with Crippen molar-refractivity contribution in [1.82, 2.24) is 4.90 Å². The lowest BCUT2D eigenvalue weighted by Crippen LogP contribution is -2.59. The highest BCUT2D eigenvalue weighted by Gasteiger charge is 2.64. The van der Waals surface area contributed by atoms with E-state index in [2.05, 4.69) is 6.07 Å². The molecule has 1 aliphatic rings. The minimum atomic E-state index is -5.06. The van der Waals surface area contributed by atoms with Crippen molar-refractivity contribution in [3.05, 3.63) is 71.0 Å². The van der Waals surface area contributed by atoms with Gasteiger partial charge in [-0.2, -0.15) is 18.4 Å². The summed E-state index contributed by atoms with van der Waals surface area (Å²) in [6.45, 7) is 2.93. The molecule has 0 aromatic heterocycles. The number of carbonyl (C=O) groups excluding carboxylic acids is 2. The second kappa shape index (κ2) is 11.5. The van der Waals surface area contributed by atoms with Crippen LogP contribution in [0.4, 0.5) is 17.6 Å². The first kappa shape index (κ1) is 29.1. The second-order valence-electron chi connectivity index (χ2n) is 9.40. The molecule has 0 N–H and O–H groups in total. The topological polar surface area (TPSA) is 79.6 Å². The Hall–Kier alpha value is -3.45. The fourth-order valence-corrected chi connectivity index (χ4v) is 5.32. The molecular formula is C28H30F4N2O4. The number of piperidine rings is 1. The van der Waals surface area contributed by atoms with Crippen LogP contribution in [0.15, 0.2) is 48.5 Å². The average molecular weight is 535 g/mol. The molecule has 0 bridgehead atoms. The number of carbonyl (C=O) groups is 2. The summed E-state index contributed by atoms with van der Waals surface area (Å²) in [6, 6.07) is 13.2. The van der Waals surface area contributed by atoms with Gasteiger partial charge in [0.1, 0.15) is 5.82 Å². The van der Waals surface area contributed by atoms with Gasteiger partial charge in [0.15, 0.2) is 0 Å². The first-order valence-corrected chi connectivity index (χ1v) is 12.2. The van der Waals surface area contributed by atoms with Gasteiger partial charge in [0, 0.05) is 31.2 Å². The zero-order chi connectivity index (χ0) is 28.1. The zero-order valence-corrected chi connectivity index (χ0v) is 21.5. The Morgan fingerprint density at radius 3 is 2.26 bits per heavy atom. The Bertz CT molecular complexity index is 1190. The van der Waals surface area contributed by atoms with Crippen LogP contribution in [0.25, 0.3) is 0 Å².